The molecule has 0 saturated heterocycles. The second-order valence-electron chi connectivity index (χ2n) is 4.35. The van der Waals surface area contributed by atoms with Gasteiger partial charge < -0.3 is 15.4 Å². The van der Waals surface area contributed by atoms with Crippen LogP contribution in [0.15, 0.2) is 42.5 Å². The molecule has 0 radical (unpaired) electrons. The topological polar surface area (TPSA) is 54.9 Å². The number of carbonyl (C=O) groups is 1. The largest absolute Gasteiger partial charge is 0.379 e. The van der Waals surface area contributed by atoms with Crippen LogP contribution in [0.3, 0.4) is 0 Å². The highest BCUT2D eigenvalue weighted by molar-refractivity contribution is 6.02. The molecule has 0 aliphatic carbocycles. The fourth-order valence-corrected chi connectivity index (χ4v) is 1.97. The van der Waals surface area contributed by atoms with Gasteiger partial charge in [-0.3, -0.25) is 4.79 Å². The van der Waals surface area contributed by atoms with Crippen molar-refractivity contribution >= 4 is 22.4 Å². The van der Waals surface area contributed by atoms with Crippen LogP contribution >= 0.6 is 0 Å². The van der Waals surface area contributed by atoms with Gasteiger partial charge in [0.2, 0.25) is 0 Å². The highest BCUT2D eigenvalue weighted by Crippen LogP contribution is 2.22. The number of benzene rings is 2. The van der Waals surface area contributed by atoms with Crippen LogP contribution in [0.5, 0.6) is 0 Å². The van der Waals surface area contributed by atoms with Gasteiger partial charge in [0.15, 0.2) is 6.54 Å². The minimum Gasteiger partial charge on any atom is -0.379 e. The van der Waals surface area contributed by atoms with E-state index in [9.17, 15) is 4.79 Å². The van der Waals surface area contributed by atoms with Crippen molar-refractivity contribution in [3.05, 3.63) is 42.5 Å². The van der Waals surface area contributed by atoms with E-state index in [4.69, 9.17) is 4.74 Å². The van der Waals surface area contributed by atoms with Gasteiger partial charge in [-0.05, 0) is 11.5 Å². The summed E-state index contributed by atoms with van der Waals surface area (Å²) < 4.78 is 4.94. The standard InChI is InChI=1S/C15H18N2O2/c1-19-10-9-16-11-15(18)17-14-8-4-6-12-5-2-3-7-13(12)14/h2-8,16H,9-11H2,1H3,(H,17,18)/p+1. The summed E-state index contributed by atoms with van der Waals surface area (Å²) in [5.41, 5.74) is 0.864. The van der Waals surface area contributed by atoms with Crippen molar-refractivity contribution in [1.82, 2.24) is 0 Å². The minimum absolute atomic E-state index is 0.00690. The molecule has 2 rings (SSSR count). The Morgan fingerprint density at radius 3 is 2.84 bits per heavy atom. The predicted octanol–water partition coefficient (Wildman–Crippen LogP) is 0.988. The van der Waals surface area contributed by atoms with Crippen molar-refractivity contribution in [2.75, 3.05) is 32.1 Å². The molecule has 0 spiro atoms. The lowest BCUT2D eigenvalue weighted by molar-refractivity contribution is -0.645. The first kappa shape index (κ1) is 13.5. The van der Waals surface area contributed by atoms with Gasteiger partial charge in [-0.1, -0.05) is 36.4 Å². The molecule has 3 N–H and O–H groups in total. The number of fused-ring (bicyclic) bond motifs is 1. The molecule has 2 aromatic rings. The maximum absolute atomic E-state index is 11.8. The van der Waals surface area contributed by atoms with Crippen molar-refractivity contribution < 1.29 is 14.8 Å². The molecule has 0 heterocycles. The number of amides is 1. The number of quaternary nitrogens is 1. The lowest BCUT2D eigenvalue weighted by atomic mass is 10.1. The maximum Gasteiger partial charge on any atom is 0.279 e. The maximum atomic E-state index is 11.8. The third kappa shape index (κ3) is 3.77. The molecule has 0 atom stereocenters. The number of nitrogens with one attached hydrogen (secondary N) is 1. The van der Waals surface area contributed by atoms with Crippen LogP contribution in [0.4, 0.5) is 5.69 Å². The van der Waals surface area contributed by atoms with E-state index < -0.39 is 0 Å². The van der Waals surface area contributed by atoms with Crippen LogP contribution in [0, 0.1) is 0 Å². The van der Waals surface area contributed by atoms with E-state index in [1.165, 1.54) is 0 Å². The zero-order valence-electron chi connectivity index (χ0n) is 11.1. The summed E-state index contributed by atoms with van der Waals surface area (Å²) >= 11 is 0. The fourth-order valence-electron chi connectivity index (χ4n) is 1.97. The van der Waals surface area contributed by atoms with Gasteiger partial charge >= 0.3 is 0 Å². The summed E-state index contributed by atoms with van der Waals surface area (Å²) in [7, 11) is 1.66. The van der Waals surface area contributed by atoms with Gasteiger partial charge in [-0.25, -0.2) is 0 Å². The average molecular weight is 259 g/mol. The number of carbonyl (C=O) groups excluding carboxylic acids is 1. The molecule has 0 unspecified atom stereocenters. The zero-order chi connectivity index (χ0) is 13.5. The number of rotatable bonds is 6. The Kier molecular flexibility index (Phi) is 4.89. The van der Waals surface area contributed by atoms with Crippen molar-refractivity contribution in [3.63, 3.8) is 0 Å². The van der Waals surface area contributed by atoms with E-state index in [2.05, 4.69) is 5.32 Å². The SMILES string of the molecule is COCC[NH2+]CC(=O)Nc1cccc2ccccc12. The quantitative estimate of drug-likeness (QED) is 0.760. The van der Waals surface area contributed by atoms with Crippen molar-refractivity contribution in [3.8, 4) is 0 Å². The Morgan fingerprint density at radius 2 is 2.00 bits per heavy atom. The molecule has 19 heavy (non-hydrogen) atoms. The number of nitrogens with two attached hydrogens (primary N) is 1. The van der Waals surface area contributed by atoms with E-state index >= 15 is 0 Å². The van der Waals surface area contributed by atoms with Gasteiger partial charge in [0.1, 0.15) is 0 Å². The molecule has 0 bridgehead atoms. The highest BCUT2D eigenvalue weighted by atomic mass is 16.5. The summed E-state index contributed by atoms with van der Waals surface area (Å²) in [4.78, 5) is 11.8. The van der Waals surface area contributed by atoms with Crippen molar-refractivity contribution in [2.24, 2.45) is 0 Å². The van der Waals surface area contributed by atoms with Crippen LogP contribution in [0.25, 0.3) is 10.8 Å². The fraction of sp³-hybridized carbons (Fsp3) is 0.267. The van der Waals surface area contributed by atoms with E-state index in [-0.39, 0.29) is 5.91 Å². The highest BCUT2D eigenvalue weighted by Gasteiger charge is 2.06. The van der Waals surface area contributed by atoms with Crippen LogP contribution in [0.2, 0.25) is 0 Å². The molecule has 1 amide bonds. The third-order valence-corrected chi connectivity index (χ3v) is 2.92. The third-order valence-electron chi connectivity index (χ3n) is 2.92. The molecular formula is C15H19N2O2+. The molecule has 0 saturated carbocycles. The minimum atomic E-state index is 0.00690. The molecule has 2 aromatic carbocycles. The Bertz CT molecular complexity index is 549. The van der Waals surface area contributed by atoms with Crippen LogP contribution < -0.4 is 10.6 Å². The van der Waals surface area contributed by atoms with Crippen LogP contribution in [-0.2, 0) is 9.53 Å². The smallest absolute Gasteiger partial charge is 0.279 e. The number of methoxy groups -OCH3 is 1. The van der Waals surface area contributed by atoms with Crippen molar-refractivity contribution in [1.29, 1.82) is 0 Å². The summed E-state index contributed by atoms with van der Waals surface area (Å²) in [6.45, 7) is 1.85. The first-order valence-corrected chi connectivity index (χ1v) is 6.39. The van der Waals surface area contributed by atoms with Gasteiger partial charge in [-0.15, -0.1) is 0 Å². The Labute approximate surface area is 112 Å². The molecule has 0 aromatic heterocycles. The lowest BCUT2D eigenvalue weighted by Crippen LogP contribution is -2.87. The first-order chi connectivity index (χ1) is 9.31. The predicted molar refractivity (Wildman–Crippen MR) is 76.1 cm³/mol. The van der Waals surface area contributed by atoms with E-state index in [1.807, 2.05) is 47.8 Å². The molecule has 4 nitrogen and oxygen atoms in total. The number of hydrogen-bond donors (Lipinski definition) is 2. The van der Waals surface area contributed by atoms with Gasteiger partial charge in [0, 0.05) is 18.2 Å². The summed E-state index contributed by atoms with van der Waals surface area (Å²) in [6, 6.07) is 13.9. The molecule has 0 aliphatic heterocycles. The Balaban J connectivity index is 1.99. The first-order valence-electron chi connectivity index (χ1n) is 6.39. The Morgan fingerprint density at radius 1 is 1.21 bits per heavy atom. The molecule has 100 valence electrons. The normalized spacial score (nSPS) is 10.6. The summed E-state index contributed by atoms with van der Waals surface area (Å²) in [5, 5.41) is 7.08. The number of hydrogen-bond acceptors (Lipinski definition) is 2. The summed E-state index contributed by atoms with van der Waals surface area (Å²) in [5.74, 6) is 0.00690. The van der Waals surface area contributed by atoms with Crippen LogP contribution in [0.1, 0.15) is 0 Å². The van der Waals surface area contributed by atoms with E-state index in [0.29, 0.717) is 13.2 Å². The lowest BCUT2D eigenvalue weighted by Gasteiger charge is -2.08. The Hall–Kier alpha value is -1.91. The molecule has 4 heteroatoms. The van der Waals surface area contributed by atoms with E-state index in [0.717, 1.165) is 23.0 Å². The van der Waals surface area contributed by atoms with Gasteiger partial charge in [0.25, 0.3) is 5.91 Å². The second-order valence-corrected chi connectivity index (χ2v) is 4.35. The molecule has 0 fully saturated rings. The second kappa shape index (κ2) is 6.87. The summed E-state index contributed by atoms with van der Waals surface area (Å²) in [6.07, 6.45) is 0. The monoisotopic (exact) mass is 259 g/mol. The van der Waals surface area contributed by atoms with E-state index in [1.54, 1.807) is 7.11 Å². The van der Waals surface area contributed by atoms with Crippen molar-refractivity contribution in [2.45, 2.75) is 0 Å². The molecular weight excluding hydrogens is 240 g/mol. The van der Waals surface area contributed by atoms with Gasteiger partial charge in [0.05, 0.1) is 13.2 Å². The average Bonchev–Trinajstić information content (AvgIpc) is 2.44. The van der Waals surface area contributed by atoms with Crippen LogP contribution in [-0.4, -0.2) is 32.7 Å². The molecule has 0 aliphatic rings. The number of anilines is 1. The number of ether oxygens (including phenoxy) is 1. The van der Waals surface area contributed by atoms with Gasteiger partial charge in [-0.2, -0.15) is 0 Å². The zero-order valence-corrected chi connectivity index (χ0v) is 11.1.